The molecule has 6 heteroatoms. The van der Waals surface area contributed by atoms with Crippen LogP contribution >= 0.6 is 11.3 Å². The van der Waals surface area contributed by atoms with E-state index in [2.05, 4.69) is 49.0 Å². The molecule has 0 bridgehead atoms. The number of rotatable bonds is 8. The topological polar surface area (TPSA) is 53.9 Å². The summed E-state index contributed by atoms with van der Waals surface area (Å²) in [6.07, 6.45) is 2.86. The van der Waals surface area contributed by atoms with Crippen molar-refractivity contribution in [3.8, 4) is 11.5 Å². The first-order valence-electron chi connectivity index (χ1n) is 9.29. The van der Waals surface area contributed by atoms with Crippen LogP contribution in [0.3, 0.4) is 0 Å². The fraction of sp³-hybridized carbons (Fsp3) is 0.450. The Kier molecular flexibility index (Phi) is 6.16. The third-order valence-corrected chi connectivity index (χ3v) is 5.51. The van der Waals surface area contributed by atoms with Crippen LogP contribution in [0.1, 0.15) is 32.1 Å². The molecule has 26 heavy (non-hydrogen) atoms. The van der Waals surface area contributed by atoms with Gasteiger partial charge < -0.3 is 10.2 Å². The Balaban J connectivity index is 1.86. The highest BCUT2D eigenvalue weighted by molar-refractivity contribution is 7.18. The van der Waals surface area contributed by atoms with Crippen LogP contribution in [0.25, 0.3) is 21.7 Å². The van der Waals surface area contributed by atoms with Gasteiger partial charge in [-0.15, -0.1) is 11.3 Å². The molecule has 0 fully saturated rings. The summed E-state index contributed by atoms with van der Waals surface area (Å²) in [5, 5.41) is 4.71. The number of fused-ring (bicyclic) bond motifs is 1. The maximum Gasteiger partial charge on any atom is 0.181 e. The highest BCUT2D eigenvalue weighted by atomic mass is 32.1. The predicted molar refractivity (Wildman–Crippen MR) is 111 cm³/mol. The standard InChI is InChI=1S/C20H27N5S/c1-5-25(6-2)12-10-14(3)22-18-16-13-15(4)26-20(16)24-19(23-18)17-9-7-8-11-21-17/h7-9,11,13-14H,5-6,10,12H2,1-4H3,(H,22,23,24). The maximum absolute atomic E-state index is 4.80. The van der Waals surface area contributed by atoms with Crippen LogP contribution in [-0.4, -0.2) is 45.5 Å². The van der Waals surface area contributed by atoms with Crippen LogP contribution < -0.4 is 5.32 Å². The van der Waals surface area contributed by atoms with Crippen molar-refractivity contribution in [2.75, 3.05) is 25.0 Å². The van der Waals surface area contributed by atoms with Crippen LogP contribution in [0.2, 0.25) is 0 Å². The summed E-state index contributed by atoms with van der Waals surface area (Å²) in [5.41, 5.74) is 0.805. The molecular formula is C20H27N5S. The molecule has 1 unspecified atom stereocenters. The first-order valence-corrected chi connectivity index (χ1v) is 10.1. The number of pyridine rings is 1. The number of hydrogen-bond donors (Lipinski definition) is 1. The van der Waals surface area contributed by atoms with E-state index in [0.29, 0.717) is 11.9 Å². The second kappa shape index (κ2) is 8.56. The summed E-state index contributed by atoms with van der Waals surface area (Å²) in [6.45, 7) is 12.0. The summed E-state index contributed by atoms with van der Waals surface area (Å²) >= 11 is 1.70. The third-order valence-electron chi connectivity index (χ3n) is 4.57. The summed E-state index contributed by atoms with van der Waals surface area (Å²) < 4.78 is 0. The number of aryl methyl sites for hydroxylation is 1. The van der Waals surface area contributed by atoms with Gasteiger partial charge in [0, 0.05) is 23.7 Å². The fourth-order valence-electron chi connectivity index (χ4n) is 2.98. The Morgan fingerprint density at radius 3 is 2.69 bits per heavy atom. The van der Waals surface area contributed by atoms with Gasteiger partial charge in [-0.05, 0) is 51.6 Å². The summed E-state index contributed by atoms with van der Waals surface area (Å²) in [6, 6.07) is 8.34. The zero-order valence-corrected chi connectivity index (χ0v) is 16.8. The number of nitrogens with one attached hydrogen (secondary N) is 1. The lowest BCUT2D eigenvalue weighted by atomic mass is 10.2. The van der Waals surface area contributed by atoms with E-state index >= 15 is 0 Å². The second-order valence-electron chi connectivity index (χ2n) is 6.55. The molecule has 0 amide bonds. The average Bonchev–Trinajstić information content (AvgIpc) is 3.04. The van der Waals surface area contributed by atoms with Gasteiger partial charge in [-0.2, -0.15) is 0 Å². The molecule has 0 aliphatic carbocycles. The van der Waals surface area contributed by atoms with E-state index in [1.54, 1.807) is 17.5 Å². The third kappa shape index (κ3) is 4.37. The SMILES string of the molecule is CCN(CC)CCC(C)Nc1nc(-c2ccccn2)nc2sc(C)cc12. The molecule has 0 saturated heterocycles. The highest BCUT2D eigenvalue weighted by Gasteiger charge is 2.14. The number of aromatic nitrogens is 3. The molecule has 0 aliphatic heterocycles. The normalized spacial score (nSPS) is 12.7. The van der Waals surface area contributed by atoms with Gasteiger partial charge in [0.1, 0.15) is 16.3 Å². The molecule has 5 nitrogen and oxygen atoms in total. The van der Waals surface area contributed by atoms with E-state index in [4.69, 9.17) is 9.97 Å². The quantitative estimate of drug-likeness (QED) is 0.629. The number of hydrogen-bond acceptors (Lipinski definition) is 6. The Labute approximate surface area is 159 Å². The van der Waals surface area contributed by atoms with E-state index in [1.807, 2.05) is 18.2 Å². The summed E-state index contributed by atoms with van der Waals surface area (Å²) in [5.74, 6) is 1.59. The molecule has 1 atom stereocenters. The van der Waals surface area contributed by atoms with Gasteiger partial charge in [0.2, 0.25) is 0 Å². The predicted octanol–water partition coefficient (Wildman–Crippen LogP) is 4.59. The molecule has 1 N–H and O–H groups in total. The van der Waals surface area contributed by atoms with E-state index in [0.717, 1.165) is 47.8 Å². The van der Waals surface area contributed by atoms with Gasteiger partial charge in [0.15, 0.2) is 5.82 Å². The number of thiophene rings is 1. The van der Waals surface area contributed by atoms with Gasteiger partial charge in [0.25, 0.3) is 0 Å². The van der Waals surface area contributed by atoms with E-state index in [-0.39, 0.29) is 0 Å². The van der Waals surface area contributed by atoms with Crippen molar-refractivity contribution in [1.82, 2.24) is 19.9 Å². The molecule has 3 rings (SSSR count). The molecule has 0 radical (unpaired) electrons. The number of anilines is 1. The van der Waals surface area contributed by atoms with Crippen molar-refractivity contribution in [3.63, 3.8) is 0 Å². The van der Waals surface area contributed by atoms with E-state index in [9.17, 15) is 0 Å². The van der Waals surface area contributed by atoms with Crippen molar-refractivity contribution >= 4 is 27.4 Å². The lowest BCUT2D eigenvalue weighted by Gasteiger charge is -2.21. The molecule has 0 aliphatic rings. The lowest BCUT2D eigenvalue weighted by molar-refractivity contribution is 0.295. The van der Waals surface area contributed by atoms with Crippen LogP contribution in [0, 0.1) is 6.92 Å². The largest absolute Gasteiger partial charge is 0.367 e. The van der Waals surface area contributed by atoms with Gasteiger partial charge in [-0.3, -0.25) is 4.98 Å². The van der Waals surface area contributed by atoms with Crippen LogP contribution in [-0.2, 0) is 0 Å². The molecule has 0 spiro atoms. The first kappa shape index (κ1) is 18.7. The van der Waals surface area contributed by atoms with Crippen molar-refractivity contribution in [3.05, 3.63) is 35.3 Å². The minimum Gasteiger partial charge on any atom is -0.367 e. The average molecular weight is 370 g/mol. The Morgan fingerprint density at radius 2 is 2.00 bits per heavy atom. The Hall–Kier alpha value is -2.05. The molecule has 0 saturated carbocycles. The first-order chi connectivity index (χ1) is 12.6. The fourth-order valence-corrected chi connectivity index (χ4v) is 3.86. The summed E-state index contributed by atoms with van der Waals surface area (Å²) in [4.78, 5) is 18.6. The van der Waals surface area contributed by atoms with Crippen molar-refractivity contribution in [2.24, 2.45) is 0 Å². The van der Waals surface area contributed by atoms with Gasteiger partial charge in [0.05, 0.1) is 5.39 Å². The summed E-state index contributed by atoms with van der Waals surface area (Å²) in [7, 11) is 0. The smallest absolute Gasteiger partial charge is 0.181 e. The van der Waals surface area contributed by atoms with E-state index in [1.165, 1.54) is 4.88 Å². The maximum atomic E-state index is 4.80. The van der Waals surface area contributed by atoms with Gasteiger partial charge in [-0.25, -0.2) is 9.97 Å². The van der Waals surface area contributed by atoms with Crippen molar-refractivity contribution < 1.29 is 0 Å². The van der Waals surface area contributed by atoms with Crippen LogP contribution in [0.5, 0.6) is 0 Å². The molecule has 0 aromatic carbocycles. The van der Waals surface area contributed by atoms with E-state index < -0.39 is 0 Å². The minimum absolute atomic E-state index is 0.338. The zero-order chi connectivity index (χ0) is 18.5. The molecule has 138 valence electrons. The molecule has 3 aromatic heterocycles. The van der Waals surface area contributed by atoms with Crippen LogP contribution in [0.15, 0.2) is 30.5 Å². The monoisotopic (exact) mass is 369 g/mol. The second-order valence-corrected chi connectivity index (χ2v) is 7.78. The zero-order valence-electron chi connectivity index (χ0n) is 16.0. The molecule has 3 aromatic rings. The van der Waals surface area contributed by atoms with Crippen LogP contribution in [0.4, 0.5) is 5.82 Å². The molecular weight excluding hydrogens is 342 g/mol. The Bertz CT molecular complexity index is 842. The minimum atomic E-state index is 0.338. The lowest BCUT2D eigenvalue weighted by Crippen LogP contribution is -2.28. The van der Waals surface area contributed by atoms with Gasteiger partial charge in [-0.1, -0.05) is 19.9 Å². The number of nitrogens with zero attached hydrogens (tertiary/aromatic N) is 4. The molecule has 3 heterocycles. The Morgan fingerprint density at radius 1 is 1.19 bits per heavy atom. The highest BCUT2D eigenvalue weighted by Crippen LogP contribution is 2.31. The van der Waals surface area contributed by atoms with Crippen molar-refractivity contribution in [1.29, 1.82) is 0 Å². The van der Waals surface area contributed by atoms with Gasteiger partial charge >= 0.3 is 0 Å². The van der Waals surface area contributed by atoms with Crippen molar-refractivity contribution in [2.45, 2.75) is 40.2 Å².